The largest absolute Gasteiger partial charge is 0.310 e. The zero-order chi connectivity index (χ0) is 51.3. The van der Waals surface area contributed by atoms with E-state index in [1.807, 2.05) is 0 Å². The predicted molar refractivity (Wildman–Crippen MR) is 322 cm³/mol. The van der Waals surface area contributed by atoms with Crippen LogP contribution >= 0.6 is 0 Å². The molecule has 4 aromatic heterocycles. The normalized spacial score (nSPS) is 11.8. The van der Waals surface area contributed by atoms with E-state index in [1.54, 1.807) is 0 Å². The van der Waals surface area contributed by atoms with Crippen LogP contribution in [0.5, 0.6) is 0 Å². The lowest BCUT2D eigenvalue weighted by molar-refractivity contribution is 1.01. The van der Waals surface area contributed by atoms with Crippen molar-refractivity contribution in [1.82, 2.24) is 28.2 Å². The predicted octanol–water partition coefficient (Wildman–Crippen LogP) is 18.0. The third-order valence-corrected chi connectivity index (χ3v) is 15.3. The van der Waals surface area contributed by atoms with E-state index in [1.165, 1.54) is 16.2 Å². The summed E-state index contributed by atoms with van der Waals surface area (Å²) in [6, 6.07) is 96.9. The number of rotatable bonds is 9. The van der Waals surface area contributed by atoms with E-state index in [4.69, 9.17) is 15.0 Å². The van der Waals surface area contributed by atoms with Crippen molar-refractivity contribution in [2.75, 3.05) is 14.7 Å². The van der Waals surface area contributed by atoms with Crippen LogP contribution in [-0.4, -0.2) is 28.2 Å². The molecule has 0 unspecified atom stereocenters. The summed E-state index contributed by atoms with van der Waals surface area (Å²) in [6.07, 6.45) is 0. The van der Waals surface area contributed by atoms with Crippen LogP contribution in [0.3, 0.4) is 0 Å². The molecule has 16 aromatic rings. The van der Waals surface area contributed by atoms with E-state index >= 15 is 0 Å². The number of para-hydroxylation sites is 3. The Morgan fingerprint density at radius 2 is 0.500 bits per heavy atom. The number of nitrogens with zero attached hydrogens (tertiary/aromatic N) is 9. The fraction of sp³-hybridized carbons (Fsp3) is 0. The van der Waals surface area contributed by atoms with Crippen molar-refractivity contribution in [3.8, 4) is 0 Å². The van der Waals surface area contributed by atoms with Crippen LogP contribution in [0.2, 0.25) is 0 Å². The van der Waals surface area contributed by atoms with E-state index < -0.39 is 0 Å². The van der Waals surface area contributed by atoms with Crippen LogP contribution in [0, 0.1) is 0 Å². The Morgan fingerprint density at radius 3 is 0.808 bits per heavy atom. The summed E-state index contributed by atoms with van der Waals surface area (Å²) in [6.45, 7) is 0. The molecule has 0 radical (unpaired) electrons. The third-order valence-electron chi connectivity index (χ3n) is 15.3. The quantitative estimate of drug-likeness (QED) is 0.144. The maximum absolute atomic E-state index is 5.56. The summed E-state index contributed by atoms with van der Waals surface area (Å²) < 4.78 is 6.68. The molecule has 0 saturated carbocycles. The van der Waals surface area contributed by atoms with Crippen LogP contribution in [-0.2, 0) is 0 Å². The standard InChI is InChI=1S/C69H45N9/c1-4-25-49(26-5-1)73(61-34-16-22-46-19-10-13-31-55(46)61)52-37-40-58-64(43-52)76-67(70-58)77-66-45-54(75(51-29-8-3-9-30-51)63-36-18-24-48-21-12-15-33-57(48)63)39-42-60(66)72-69(77)78-65-44-53(38-41-59(65)71-68(76)78)74(50-27-6-2-7-28-50)62-35-17-23-47-20-11-14-32-56(47)62/h1-45H. The van der Waals surface area contributed by atoms with Gasteiger partial charge < -0.3 is 14.7 Å². The van der Waals surface area contributed by atoms with E-state index in [0.29, 0.717) is 17.3 Å². The number of aromatic nitrogens is 6. The van der Waals surface area contributed by atoms with Crippen molar-refractivity contribution in [3.05, 3.63) is 273 Å². The van der Waals surface area contributed by atoms with Crippen LogP contribution in [0.15, 0.2) is 273 Å². The second-order valence-electron chi connectivity index (χ2n) is 19.8. The number of benzene rings is 12. The molecule has 0 aliphatic rings. The molecule has 0 amide bonds. The van der Waals surface area contributed by atoms with E-state index in [0.717, 1.165) is 100 Å². The summed E-state index contributed by atoms with van der Waals surface area (Å²) in [7, 11) is 0. The average Bonchev–Trinajstić information content (AvgIpc) is 4.41. The first-order valence-electron chi connectivity index (χ1n) is 26.3. The lowest BCUT2D eigenvalue weighted by atomic mass is 10.1. The van der Waals surface area contributed by atoms with Gasteiger partial charge in [-0.15, -0.1) is 0 Å². The summed E-state index contributed by atoms with van der Waals surface area (Å²) in [4.78, 5) is 23.7. The fourth-order valence-corrected chi connectivity index (χ4v) is 11.8. The highest BCUT2D eigenvalue weighted by Crippen LogP contribution is 2.44. The van der Waals surface area contributed by atoms with Crippen molar-refractivity contribution in [3.63, 3.8) is 0 Å². The molecule has 9 nitrogen and oxygen atoms in total. The fourth-order valence-electron chi connectivity index (χ4n) is 11.8. The summed E-state index contributed by atoms with van der Waals surface area (Å²) in [5, 5.41) is 6.98. The maximum Gasteiger partial charge on any atom is 0.225 e. The zero-order valence-electron chi connectivity index (χ0n) is 42.0. The Kier molecular flexibility index (Phi) is 9.73. The highest BCUT2D eigenvalue weighted by atomic mass is 15.3. The van der Waals surface area contributed by atoms with Crippen molar-refractivity contribution in [1.29, 1.82) is 0 Å². The molecule has 12 aromatic carbocycles. The SMILES string of the molecule is c1ccc(N(c2ccc3nc4n(c3c2)c2nc3ccc(N(c5ccccc5)c5cccc6ccccc56)cc3n2c2nc3ccc(N(c5ccccc5)c5cccc6ccccc56)cc3n42)c2cccc3ccccc23)cc1. The molecule has 366 valence electrons. The minimum Gasteiger partial charge on any atom is -0.310 e. The molecule has 0 N–H and O–H groups in total. The number of hydrogen-bond acceptors (Lipinski definition) is 6. The van der Waals surface area contributed by atoms with Crippen molar-refractivity contribution in [2.45, 2.75) is 0 Å². The topological polar surface area (TPSA) is 61.6 Å². The molecule has 0 bridgehead atoms. The second-order valence-corrected chi connectivity index (χ2v) is 19.8. The van der Waals surface area contributed by atoms with Crippen LogP contribution in [0.25, 0.3) is 82.8 Å². The molecule has 0 atom stereocenters. The lowest BCUT2D eigenvalue weighted by Gasteiger charge is -2.27. The van der Waals surface area contributed by atoms with Gasteiger partial charge in [-0.05, 0) is 125 Å². The van der Waals surface area contributed by atoms with Crippen LogP contribution in [0.4, 0.5) is 51.2 Å². The smallest absolute Gasteiger partial charge is 0.225 e. The first kappa shape index (κ1) is 43.6. The van der Waals surface area contributed by atoms with E-state index in [-0.39, 0.29) is 0 Å². The molecule has 4 heterocycles. The monoisotopic (exact) mass is 999 g/mol. The zero-order valence-corrected chi connectivity index (χ0v) is 42.0. The summed E-state index contributed by atoms with van der Waals surface area (Å²) in [5.41, 5.74) is 14.6. The van der Waals surface area contributed by atoms with Crippen LogP contribution < -0.4 is 14.7 Å². The van der Waals surface area contributed by atoms with E-state index in [2.05, 4.69) is 301 Å². The van der Waals surface area contributed by atoms with Gasteiger partial charge in [0.1, 0.15) is 0 Å². The summed E-state index contributed by atoms with van der Waals surface area (Å²) in [5.74, 6) is 2.11. The highest BCUT2D eigenvalue weighted by Gasteiger charge is 2.26. The second kappa shape index (κ2) is 17.4. The Morgan fingerprint density at radius 1 is 0.231 bits per heavy atom. The van der Waals surface area contributed by atoms with Gasteiger partial charge in [-0.3, -0.25) is 0 Å². The Labute approximate surface area is 447 Å². The molecule has 0 saturated heterocycles. The molecule has 0 spiro atoms. The average molecular weight is 1000 g/mol. The van der Waals surface area contributed by atoms with Gasteiger partial charge in [0.25, 0.3) is 0 Å². The van der Waals surface area contributed by atoms with Crippen molar-refractivity contribution in [2.24, 2.45) is 0 Å². The van der Waals surface area contributed by atoms with Gasteiger partial charge in [0.05, 0.1) is 50.2 Å². The first-order valence-corrected chi connectivity index (χ1v) is 26.3. The molecular weight excluding hydrogens is 955 g/mol. The minimum absolute atomic E-state index is 0.703. The molecule has 0 aliphatic carbocycles. The van der Waals surface area contributed by atoms with Gasteiger partial charge in [0.2, 0.25) is 17.3 Å². The van der Waals surface area contributed by atoms with Crippen molar-refractivity contribution < 1.29 is 0 Å². The third kappa shape index (κ3) is 6.78. The number of imidazole rings is 3. The summed E-state index contributed by atoms with van der Waals surface area (Å²) >= 11 is 0. The molecule has 0 aliphatic heterocycles. The van der Waals surface area contributed by atoms with E-state index in [9.17, 15) is 0 Å². The first-order chi connectivity index (χ1) is 38.7. The van der Waals surface area contributed by atoms with Gasteiger partial charge in [-0.25, -0.2) is 28.2 Å². The lowest BCUT2D eigenvalue weighted by Crippen LogP contribution is -2.11. The Bertz CT molecular complexity index is 4460. The van der Waals surface area contributed by atoms with Gasteiger partial charge in [-0.2, -0.15) is 0 Å². The van der Waals surface area contributed by atoms with Gasteiger partial charge in [0, 0.05) is 50.3 Å². The molecule has 9 heteroatoms. The molecular formula is C69H45N9. The molecule has 0 fully saturated rings. The van der Waals surface area contributed by atoms with Crippen LogP contribution in [0.1, 0.15) is 0 Å². The number of fused-ring (bicyclic) bond motifs is 15. The van der Waals surface area contributed by atoms with Crippen molar-refractivity contribution >= 4 is 134 Å². The van der Waals surface area contributed by atoms with Gasteiger partial charge in [-0.1, -0.05) is 164 Å². The number of anilines is 9. The molecule has 16 rings (SSSR count). The Balaban J connectivity index is 1.00. The molecule has 78 heavy (non-hydrogen) atoms. The van der Waals surface area contributed by atoms with Gasteiger partial charge >= 0.3 is 0 Å². The number of hydrogen-bond donors (Lipinski definition) is 0. The Hall–Kier alpha value is -10.8. The minimum atomic E-state index is 0.703. The van der Waals surface area contributed by atoms with Gasteiger partial charge in [0.15, 0.2) is 0 Å². The highest BCUT2D eigenvalue weighted by molar-refractivity contribution is 6.04. The maximum atomic E-state index is 5.56.